The Bertz CT molecular complexity index is 302. The van der Waals surface area contributed by atoms with Gasteiger partial charge in [-0.05, 0) is 13.3 Å². The molecule has 2 unspecified atom stereocenters. The first-order valence-electron chi connectivity index (χ1n) is 4.61. The molecule has 0 bridgehead atoms. The largest absolute Gasteiger partial charge is 0.465 e. The number of hydrogen-bond donors (Lipinski definition) is 0. The minimum atomic E-state index is -0.734. The second-order valence-corrected chi connectivity index (χ2v) is 3.99. The van der Waals surface area contributed by atoms with Gasteiger partial charge in [0.2, 0.25) is 0 Å². The van der Waals surface area contributed by atoms with E-state index in [1.165, 1.54) is 0 Å². The summed E-state index contributed by atoms with van der Waals surface area (Å²) in [5, 5.41) is 0. The number of hydrogen-bond acceptors (Lipinski definition) is 4. The molecule has 0 radical (unpaired) electrons. The molecule has 0 aromatic rings. The highest BCUT2D eigenvalue weighted by Crippen LogP contribution is 2.39. The van der Waals surface area contributed by atoms with E-state index in [0.29, 0.717) is 25.0 Å². The number of esters is 2. The molecule has 2 heterocycles. The summed E-state index contributed by atoms with van der Waals surface area (Å²) in [6.07, 6.45) is 1.04. The van der Waals surface area contributed by atoms with Crippen molar-refractivity contribution in [1.29, 1.82) is 0 Å². The van der Waals surface area contributed by atoms with Gasteiger partial charge in [-0.1, -0.05) is 6.58 Å². The van der Waals surface area contributed by atoms with E-state index in [0.717, 1.165) is 0 Å². The Morgan fingerprint density at radius 3 is 2.64 bits per heavy atom. The van der Waals surface area contributed by atoms with Crippen molar-refractivity contribution in [2.45, 2.75) is 25.4 Å². The minimum absolute atomic E-state index is 0.269. The molecule has 4 nitrogen and oxygen atoms in total. The number of carbonyl (C=O) groups is 2. The van der Waals surface area contributed by atoms with Crippen LogP contribution in [0.15, 0.2) is 12.2 Å². The maximum absolute atomic E-state index is 11.3. The van der Waals surface area contributed by atoms with Gasteiger partial charge in [-0.2, -0.15) is 0 Å². The summed E-state index contributed by atoms with van der Waals surface area (Å²) in [7, 11) is 0. The average Bonchev–Trinajstić information content (AvgIpc) is 2.59. The summed E-state index contributed by atoms with van der Waals surface area (Å²) in [4.78, 5) is 22.5. The summed E-state index contributed by atoms with van der Waals surface area (Å²) < 4.78 is 10.0. The van der Waals surface area contributed by atoms with Crippen molar-refractivity contribution in [1.82, 2.24) is 0 Å². The SMILES string of the molecule is C=C1CC(C)(C2CCOC2=O)OC1=O. The zero-order valence-electron chi connectivity index (χ0n) is 8.04. The molecule has 0 N–H and O–H groups in total. The topological polar surface area (TPSA) is 52.6 Å². The van der Waals surface area contributed by atoms with Gasteiger partial charge in [0.1, 0.15) is 5.60 Å². The van der Waals surface area contributed by atoms with Crippen LogP contribution in [0.2, 0.25) is 0 Å². The van der Waals surface area contributed by atoms with Crippen LogP contribution in [0.25, 0.3) is 0 Å². The smallest absolute Gasteiger partial charge is 0.334 e. The lowest BCUT2D eigenvalue weighted by Crippen LogP contribution is -2.37. The minimum Gasteiger partial charge on any atom is -0.465 e. The Hall–Kier alpha value is -1.32. The first-order chi connectivity index (χ1) is 6.53. The van der Waals surface area contributed by atoms with Crippen LogP contribution in [-0.4, -0.2) is 24.1 Å². The van der Waals surface area contributed by atoms with Crippen LogP contribution < -0.4 is 0 Å². The van der Waals surface area contributed by atoms with Crippen LogP contribution >= 0.6 is 0 Å². The molecule has 2 rings (SSSR count). The molecule has 2 saturated heterocycles. The van der Waals surface area contributed by atoms with Crippen LogP contribution in [0.4, 0.5) is 0 Å². The Morgan fingerprint density at radius 2 is 2.21 bits per heavy atom. The van der Waals surface area contributed by atoms with Crippen LogP contribution in [-0.2, 0) is 19.1 Å². The molecule has 0 aromatic heterocycles. The lowest BCUT2D eigenvalue weighted by atomic mass is 9.85. The number of rotatable bonds is 1. The maximum Gasteiger partial charge on any atom is 0.334 e. The number of carbonyl (C=O) groups excluding carboxylic acids is 2. The summed E-state index contributed by atoms with van der Waals surface area (Å²) in [6, 6.07) is 0. The van der Waals surface area contributed by atoms with Crippen LogP contribution in [0.5, 0.6) is 0 Å². The molecule has 4 heteroatoms. The molecule has 2 atom stereocenters. The molecular weight excluding hydrogens is 184 g/mol. The highest BCUT2D eigenvalue weighted by atomic mass is 16.6. The Labute approximate surface area is 81.9 Å². The second kappa shape index (κ2) is 2.83. The van der Waals surface area contributed by atoms with Crippen molar-refractivity contribution < 1.29 is 19.1 Å². The first-order valence-corrected chi connectivity index (χ1v) is 4.61. The zero-order chi connectivity index (χ0) is 10.3. The van der Waals surface area contributed by atoms with Crippen molar-refractivity contribution in [3.8, 4) is 0 Å². The molecule has 0 spiro atoms. The average molecular weight is 196 g/mol. The van der Waals surface area contributed by atoms with Gasteiger partial charge in [0.25, 0.3) is 0 Å². The molecule has 2 aliphatic heterocycles. The zero-order valence-corrected chi connectivity index (χ0v) is 8.04. The van der Waals surface area contributed by atoms with Gasteiger partial charge in [0.15, 0.2) is 0 Å². The highest BCUT2D eigenvalue weighted by Gasteiger charge is 2.50. The predicted octanol–water partition coefficient (Wildman–Crippen LogP) is 0.811. The highest BCUT2D eigenvalue weighted by molar-refractivity contribution is 5.91. The van der Waals surface area contributed by atoms with Gasteiger partial charge >= 0.3 is 11.9 Å². The Morgan fingerprint density at radius 1 is 1.50 bits per heavy atom. The van der Waals surface area contributed by atoms with Crippen LogP contribution in [0.3, 0.4) is 0 Å². The number of ether oxygens (including phenoxy) is 2. The van der Waals surface area contributed by atoms with E-state index in [9.17, 15) is 9.59 Å². The molecule has 0 saturated carbocycles. The van der Waals surface area contributed by atoms with Gasteiger partial charge < -0.3 is 9.47 Å². The summed E-state index contributed by atoms with van der Waals surface area (Å²) in [5.74, 6) is -0.993. The maximum atomic E-state index is 11.3. The van der Waals surface area contributed by atoms with Crippen molar-refractivity contribution in [2.75, 3.05) is 6.61 Å². The molecule has 0 aromatic carbocycles. The molecular formula is C10H12O4. The summed E-state index contributed by atoms with van der Waals surface area (Å²) >= 11 is 0. The lowest BCUT2D eigenvalue weighted by molar-refractivity contribution is -0.157. The van der Waals surface area contributed by atoms with Crippen LogP contribution in [0.1, 0.15) is 19.8 Å². The van der Waals surface area contributed by atoms with Crippen LogP contribution in [0, 0.1) is 5.92 Å². The summed E-state index contributed by atoms with van der Waals surface area (Å²) in [6.45, 7) is 5.78. The quantitative estimate of drug-likeness (QED) is 0.460. The van der Waals surface area contributed by atoms with E-state index in [4.69, 9.17) is 9.47 Å². The predicted molar refractivity (Wildman–Crippen MR) is 47.3 cm³/mol. The van der Waals surface area contributed by atoms with E-state index in [1.807, 2.05) is 0 Å². The van der Waals surface area contributed by atoms with Gasteiger partial charge in [-0.3, -0.25) is 4.79 Å². The molecule has 0 aliphatic carbocycles. The van der Waals surface area contributed by atoms with Gasteiger partial charge in [0.05, 0.1) is 12.5 Å². The normalized spacial score (nSPS) is 37.2. The van der Waals surface area contributed by atoms with Crippen molar-refractivity contribution in [2.24, 2.45) is 5.92 Å². The fraction of sp³-hybridized carbons (Fsp3) is 0.600. The third-order valence-corrected chi connectivity index (χ3v) is 2.85. The van der Waals surface area contributed by atoms with Crippen molar-refractivity contribution >= 4 is 11.9 Å². The third kappa shape index (κ3) is 1.22. The van der Waals surface area contributed by atoms with E-state index in [2.05, 4.69) is 6.58 Å². The van der Waals surface area contributed by atoms with Gasteiger partial charge in [0, 0.05) is 12.0 Å². The monoisotopic (exact) mass is 196 g/mol. The fourth-order valence-corrected chi connectivity index (χ4v) is 2.06. The fourth-order valence-electron chi connectivity index (χ4n) is 2.06. The molecule has 2 aliphatic rings. The van der Waals surface area contributed by atoms with E-state index in [-0.39, 0.29) is 11.9 Å². The van der Waals surface area contributed by atoms with Crippen molar-refractivity contribution in [3.63, 3.8) is 0 Å². The molecule has 14 heavy (non-hydrogen) atoms. The third-order valence-electron chi connectivity index (χ3n) is 2.85. The van der Waals surface area contributed by atoms with Gasteiger partial charge in [-0.15, -0.1) is 0 Å². The second-order valence-electron chi connectivity index (χ2n) is 3.99. The number of cyclic esters (lactones) is 2. The Kier molecular flexibility index (Phi) is 1.87. The van der Waals surface area contributed by atoms with Gasteiger partial charge in [-0.25, -0.2) is 4.79 Å². The molecule has 76 valence electrons. The molecule has 0 amide bonds. The first kappa shape index (κ1) is 9.24. The van der Waals surface area contributed by atoms with E-state index < -0.39 is 11.6 Å². The van der Waals surface area contributed by atoms with E-state index >= 15 is 0 Å². The Balaban J connectivity index is 2.21. The summed E-state index contributed by atoms with van der Waals surface area (Å²) in [5.41, 5.74) is -0.297. The van der Waals surface area contributed by atoms with E-state index in [1.54, 1.807) is 6.92 Å². The standard InChI is InChI=1S/C10H12O4/c1-6-5-10(2,14-8(6)11)7-3-4-13-9(7)12/h7H,1,3-5H2,2H3. The van der Waals surface area contributed by atoms with Crippen molar-refractivity contribution in [3.05, 3.63) is 12.2 Å². The lowest BCUT2D eigenvalue weighted by Gasteiger charge is -2.25. The molecule has 2 fully saturated rings.